The van der Waals surface area contributed by atoms with Crippen LogP contribution in [0, 0.1) is 0 Å². The summed E-state index contributed by atoms with van der Waals surface area (Å²) in [7, 11) is 0. The third-order valence-corrected chi connectivity index (χ3v) is 4.44. The molecule has 0 amide bonds. The Bertz CT molecular complexity index is 1080. The van der Waals surface area contributed by atoms with Gasteiger partial charge in [-0.3, -0.25) is 0 Å². The van der Waals surface area contributed by atoms with Gasteiger partial charge in [-0.2, -0.15) is 0 Å². The SMILES string of the molecule is CCOc1cc2ccccc2c(-c2c(O)ccc3ccccc23)c1O. The zero-order valence-corrected chi connectivity index (χ0v) is 13.9. The molecule has 2 N–H and O–H groups in total. The largest absolute Gasteiger partial charge is 0.507 e. The van der Waals surface area contributed by atoms with Gasteiger partial charge in [-0.1, -0.05) is 54.6 Å². The average molecular weight is 330 g/mol. The van der Waals surface area contributed by atoms with Gasteiger partial charge in [0, 0.05) is 11.1 Å². The molecule has 0 fully saturated rings. The van der Waals surface area contributed by atoms with E-state index < -0.39 is 0 Å². The van der Waals surface area contributed by atoms with Crippen molar-refractivity contribution in [3.05, 3.63) is 66.7 Å². The summed E-state index contributed by atoms with van der Waals surface area (Å²) in [5, 5.41) is 25.2. The molecule has 0 radical (unpaired) electrons. The van der Waals surface area contributed by atoms with E-state index in [1.165, 1.54) is 0 Å². The molecule has 3 nitrogen and oxygen atoms in total. The lowest BCUT2D eigenvalue weighted by Gasteiger charge is -2.17. The van der Waals surface area contributed by atoms with Crippen molar-refractivity contribution in [1.29, 1.82) is 0 Å². The highest BCUT2D eigenvalue weighted by molar-refractivity contribution is 6.10. The molecule has 0 saturated heterocycles. The molecule has 0 heterocycles. The van der Waals surface area contributed by atoms with Crippen molar-refractivity contribution in [2.75, 3.05) is 6.61 Å². The molecule has 0 aliphatic heterocycles. The molecule has 0 saturated carbocycles. The van der Waals surface area contributed by atoms with Gasteiger partial charge >= 0.3 is 0 Å². The quantitative estimate of drug-likeness (QED) is 0.524. The maximum atomic E-state index is 10.9. The highest BCUT2D eigenvalue weighted by Gasteiger charge is 2.20. The topological polar surface area (TPSA) is 49.7 Å². The van der Waals surface area contributed by atoms with E-state index in [1.54, 1.807) is 6.07 Å². The van der Waals surface area contributed by atoms with Gasteiger partial charge < -0.3 is 14.9 Å². The molecule has 25 heavy (non-hydrogen) atoms. The van der Waals surface area contributed by atoms with Crippen LogP contribution in [0.25, 0.3) is 32.7 Å². The molecule has 4 aromatic carbocycles. The van der Waals surface area contributed by atoms with Crippen LogP contribution in [-0.4, -0.2) is 16.8 Å². The van der Waals surface area contributed by atoms with Gasteiger partial charge in [0.15, 0.2) is 11.5 Å². The van der Waals surface area contributed by atoms with E-state index >= 15 is 0 Å². The summed E-state index contributed by atoms with van der Waals surface area (Å²) in [5.41, 5.74) is 1.21. The second kappa shape index (κ2) is 6.02. The highest BCUT2D eigenvalue weighted by Crippen LogP contribution is 2.48. The molecule has 0 atom stereocenters. The van der Waals surface area contributed by atoms with Gasteiger partial charge in [-0.25, -0.2) is 0 Å². The lowest BCUT2D eigenvalue weighted by Crippen LogP contribution is -1.94. The number of benzene rings is 4. The van der Waals surface area contributed by atoms with Crippen molar-refractivity contribution < 1.29 is 14.9 Å². The third-order valence-electron chi connectivity index (χ3n) is 4.44. The summed E-state index contributed by atoms with van der Waals surface area (Å²) < 4.78 is 5.63. The summed E-state index contributed by atoms with van der Waals surface area (Å²) in [6.07, 6.45) is 0. The first kappa shape index (κ1) is 15.3. The van der Waals surface area contributed by atoms with Crippen molar-refractivity contribution in [2.24, 2.45) is 0 Å². The lowest BCUT2D eigenvalue weighted by atomic mass is 9.92. The highest BCUT2D eigenvalue weighted by atomic mass is 16.5. The van der Waals surface area contributed by atoms with Crippen LogP contribution in [0.4, 0.5) is 0 Å². The Morgan fingerprint density at radius 3 is 2.12 bits per heavy atom. The Morgan fingerprint density at radius 1 is 0.760 bits per heavy atom. The fourth-order valence-corrected chi connectivity index (χ4v) is 3.35. The minimum Gasteiger partial charge on any atom is -0.507 e. The van der Waals surface area contributed by atoms with Crippen LogP contribution in [-0.2, 0) is 0 Å². The average Bonchev–Trinajstić information content (AvgIpc) is 2.64. The second-order valence-electron chi connectivity index (χ2n) is 5.93. The molecule has 3 heteroatoms. The summed E-state index contributed by atoms with van der Waals surface area (Å²) in [4.78, 5) is 0. The zero-order chi connectivity index (χ0) is 17.4. The zero-order valence-electron chi connectivity index (χ0n) is 13.9. The van der Waals surface area contributed by atoms with Crippen molar-refractivity contribution in [3.63, 3.8) is 0 Å². The number of phenols is 2. The van der Waals surface area contributed by atoms with Gasteiger partial charge in [0.1, 0.15) is 5.75 Å². The van der Waals surface area contributed by atoms with E-state index in [1.807, 2.05) is 67.6 Å². The van der Waals surface area contributed by atoms with E-state index in [4.69, 9.17) is 4.74 Å². The summed E-state index contributed by atoms with van der Waals surface area (Å²) in [6.45, 7) is 2.33. The van der Waals surface area contributed by atoms with Crippen LogP contribution in [0.2, 0.25) is 0 Å². The van der Waals surface area contributed by atoms with E-state index in [-0.39, 0.29) is 11.5 Å². The fraction of sp³-hybridized carbons (Fsp3) is 0.0909. The Morgan fingerprint density at radius 2 is 1.40 bits per heavy atom. The van der Waals surface area contributed by atoms with Crippen molar-refractivity contribution in [1.82, 2.24) is 0 Å². The van der Waals surface area contributed by atoms with E-state index in [0.717, 1.165) is 21.5 Å². The Labute approximate surface area is 145 Å². The number of fused-ring (bicyclic) bond motifs is 2. The fourth-order valence-electron chi connectivity index (χ4n) is 3.35. The molecular weight excluding hydrogens is 312 g/mol. The van der Waals surface area contributed by atoms with Gasteiger partial charge in [0.05, 0.1) is 6.61 Å². The summed E-state index contributed by atoms with van der Waals surface area (Å²) >= 11 is 0. The minimum absolute atomic E-state index is 0.0483. The van der Waals surface area contributed by atoms with Crippen LogP contribution in [0.1, 0.15) is 6.92 Å². The first-order valence-corrected chi connectivity index (χ1v) is 8.29. The maximum absolute atomic E-state index is 10.9. The van der Waals surface area contributed by atoms with Crippen molar-refractivity contribution >= 4 is 21.5 Å². The molecule has 0 bridgehead atoms. The van der Waals surface area contributed by atoms with E-state index in [2.05, 4.69) is 0 Å². The summed E-state index contributed by atoms with van der Waals surface area (Å²) in [6, 6.07) is 21.0. The van der Waals surface area contributed by atoms with Gasteiger partial charge in [0.2, 0.25) is 0 Å². The molecular formula is C22H18O3. The van der Waals surface area contributed by atoms with Crippen LogP contribution in [0.15, 0.2) is 66.7 Å². The predicted molar refractivity (Wildman–Crippen MR) is 101 cm³/mol. The Balaban J connectivity index is 2.18. The number of phenolic OH excluding ortho intramolecular Hbond substituents is 2. The molecule has 0 spiro atoms. The molecule has 124 valence electrons. The second-order valence-corrected chi connectivity index (χ2v) is 5.93. The summed E-state index contributed by atoms with van der Waals surface area (Å²) in [5.74, 6) is 0.600. The normalized spacial score (nSPS) is 11.1. The number of hydrogen-bond donors (Lipinski definition) is 2. The third kappa shape index (κ3) is 2.45. The molecule has 4 aromatic rings. The van der Waals surface area contributed by atoms with Crippen LogP contribution < -0.4 is 4.74 Å². The monoisotopic (exact) mass is 330 g/mol. The van der Waals surface area contributed by atoms with E-state index in [0.29, 0.717) is 23.5 Å². The molecule has 0 aromatic heterocycles. The minimum atomic E-state index is 0.0483. The van der Waals surface area contributed by atoms with Crippen molar-refractivity contribution in [2.45, 2.75) is 6.92 Å². The predicted octanol–water partition coefficient (Wildman–Crippen LogP) is 5.47. The maximum Gasteiger partial charge on any atom is 0.166 e. The Kier molecular flexibility index (Phi) is 3.69. The number of rotatable bonds is 3. The van der Waals surface area contributed by atoms with Gasteiger partial charge in [-0.05, 0) is 40.6 Å². The molecule has 4 rings (SSSR count). The first-order chi connectivity index (χ1) is 12.2. The molecule has 0 aliphatic carbocycles. The smallest absolute Gasteiger partial charge is 0.166 e. The number of ether oxygens (including phenoxy) is 1. The van der Waals surface area contributed by atoms with Crippen LogP contribution in [0.3, 0.4) is 0 Å². The standard InChI is InChI=1S/C22H18O3/c1-2-25-19-13-15-8-4-6-10-17(15)21(22(19)24)20-16-9-5-3-7-14(16)11-12-18(20)23/h3-13,23-24H,2H2,1H3. The van der Waals surface area contributed by atoms with Crippen LogP contribution >= 0.6 is 0 Å². The van der Waals surface area contributed by atoms with Gasteiger partial charge in [0.25, 0.3) is 0 Å². The molecule has 0 unspecified atom stereocenters. The van der Waals surface area contributed by atoms with Crippen LogP contribution in [0.5, 0.6) is 17.2 Å². The Hall–Kier alpha value is -3.20. The van der Waals surface area contributed by atoms with Crippen molar-refractivity contribution in [3.8, 4) is 28.4 Å². The van der Waals surface area contributed by atoms with Gasteiger partial charge in [-0.15, -0.1) is 0 Å². The number of hydrogen-bond acceptors (Lipinski definition) is 3. The lowest BCUT2D eigenvalue weighted by molar-refractivity contribution is 0.319. The van der Waals surface area contributed by atoms with E-state index in [9.17, 15) is 10.2 Å². The first-order valence-electron chi connectivity index (χ1n) is 8.29. The number of aromatic hydroxyl groups is 2. The molecule has 0 aliphatic rings.